The average molecular weight is 460 g/mol. The highest BCUT2D eigenvalue weighted by molar-refractivity contribution is 9.10. The Hall–Kier alpha value is -1.17. The van der Waals surface area contributed by atoms with Crippen molar-refractivity contribution in [2.75, 3.05) is 0 Å². The molecule has 25 heavy (non-hydrogen) atoms. The number of halogens is 4. The van der Waals surface area contributed by atoms with Gasteiger partial charge in [-0.1, -0.05) is 51.3 Å². The standard InChI is InChI=1S/C18H14BrCl2N3.ClH/c1-10-17(11-2-4-12(19)5-3-11)18(24-16(9-22)23-10)14-7-6-13(20)8-15(14)21;/h2-8H,9,22H2,1H3;1H. The maximum atomic E-state index is 6.41. The number of hydrogen-bond acceptors (Lipinski definition) is 3. The first kappa shape index (κ1) is 20.1. The number of aryl methyl sites for hydroxylation is 1. The van der Waals surface area contributed by atoms with Crippen LogP contribution in [0.25, 0.3) is 22.4 Å². The van der Waals surface area contributed by atoms with Crippen LogP contribution >= 0.6 is 51.5 Å². The third kappa shape index (κ3) is 4.33. The summed E-state index contributed by atoms with van der Waals surface area (Å²) in [7, 11) is 0. The second-order valence-electron chi connectivity index (χ2n) is 5.28. The van der Waals surface area contributed by atoms with Gasteiger partial charge in [-0.15, -0.1) is 12.4 Å². The van der Waals surface area contributed by atoms with Crippen molar-refractivity contribution in [3.63, 3.8) is 0 Å². The van der Waals surface area contributed by atoms with Crippen LogP contribution in [-0.4, -0.2) is 9.97 Å². The van der Waals surface area contributed by atoms with Gasteiger partial charge in [-0.05, 0) is 42.8 Å². The van der Waals surface area contributed by atoms with Crippen molar-refractivity contribution >= 4 is 51.5 Å². The predicted molar refractivity (Wildman–Crippen MR) is 111 cm³/mol. The molecule has 3 nitrogen and oxygen atoms in total. The molecule has 0 fully saturated rings. The van der Waals surface area contributed by atoms with E-state index in [1.54, 1.807) is 12.1 Å². The van der Waals surface area contributed by atoms with E-state index in [0.717, 1.165) is 32.6 Å². The van der Waals surface area contributed by atoms with Gasteiger partial charge in [-0.3, -0.25) is 0 Å². The lowest BCUT2D eigenvalue weighted by Gasteiger charge is -2.15. The number of aromatic nitrogens is 2. The zero-order valence-electron chi connectivity index (χ0n) is 13.3. The summed E-state index contributed by atoms with van der Waals surface area (Å²) < 4.78 is 1.01. The van der Waals surface area contributed by atoms with Crippen LogP contribution < -0.4 is 5.73 Å². The van der Waals surface area contributed by atoms with E-state index in [1.165, 1.54) is 0 Å². The van der Waals surface area contributed by atoms with Crippen molar-refractivity contribution in [2.45, 2.75) is 13.5 Å². The maximum absolute atomic E-state index is 6.41. The van der Waals surface area contributed by atoms with Crippen LogP contribution in [-0.2, 0) is 6.54 Å². The fourth-order valence-corrected chi connectivity index (χ4v) is 3.32. The minimum Gasteiger partial charge on any atom is -0.324 e. The van der Waals surface area contributed by atoms with Crippen LogP contribution in [0.4, 0.5) is 0 Å². The number of benzene rings is 2. The van der Waals surface area contributed by atoms with Gasteiger partial charge in [0.2, 0.25) is 0 Å². The summed E-state index contributed by atoms with van der Waals surface area (Å²) in [6, 6.07) is 13.4. The zero-order valence-corrected chi connectivity index (χ0v) is 17.2. The highest BCUT2D eigenvalue weighted by Gasteiger charge is 2.17. The Balaban J connectivity index is 0.00000225. The molecule has 7 heteroatoms. The Kier molecular flexibility index (Phi) is 6.83. The van der Waals surface area contributed by atoms with Crippen molar-refractivity contribution in [2.24, 2.45) is 5.73 Å². The topological polar surface area (TPSA) is 51.8 Å². The van der Waals surface area contributed by atoms with E-state index >= 15 is 0 Å². The Bertz CT molecular complexity index is 899. The molecule has 0 saturated carbocycles. The molecule has 0 aliphatic rings. The van der Waals surface area contributed by atoms with Crippen molar-refractivity contribution in [3.8, 4) is 22.4 Å². The van der Waals surface area contributed by atoms with Crippen molar-refractivity contribution in [3.05, 3.63) is 68.5 Å². The Labute approximate surface area is 171 Å². The number of nitrogens with zero attached hydrogens (tertiary/aromatic N) is 2. The Morgan fingerprint density at radius 1 is 1.04 bits per heavy atom. The van der Waals surface area contributed by atoms with Crippen LogP contribution in [0.1, 0.15) is 11.5 Å². The van der Waals surface area contributed by atoms with Gasteiger partial charge in [-0.25, -0.2) is 9.97 Å². The Morgan fingerprint density at radius 2 is 1.72 bits per heavy atom. The molecule has 1 aromatic heterocycles. The van der Waals surface area contributed by atoms with E-state index in [-0.39, 0.29) is 19.0 Å². The van der Waals surface area contributed by atoms with E-state index in [1.807, 2.05) is 37.3 Å². The summed E-state index contributed by atoms with van der Waals surface area (Å²) >= 11 is 15.9. The molecule has 0 spiro atoms. The minimum atomic E-state index is 0. The summed E-state index contributed by atoms with van der Waals surface area (Å²) in [6.45, 7) is 2.21. The molecular formula is C18H15BrCl3N3. The summed E-state index contributed by atoms with van der Waals surface area (Å²) in [6.07, 6.45) is 0. The van der Waals surface area contributed by atoms with Crippen LogP contribution in [0.2, 0.25) is 10.0 Å². The fourth-order valence-electron chi connectivity index (χ4n) is 2.56. The first-order valence-corrected chi connectivity index (χ1v) is 8.83. The normalized spacial score (nSPS) is 10.4. The summed E-state index contributed by atoms with van der Waals surface area (Å²) in [5.74, 6) is 0.578. The van der Waals surface area contributed by atoms with Crippen LogP contribution in [0, 0.1) is 6.92 Å². The summed E-state index contributed by atoms with van der Waals surface area (Å²) in [5.41, 5.74) is 10.1. The second kappa shape index (κ2) is 8.47. The van der Waals surface area contributed by atoms with Gasteiger partial charge >= 0.3 is 0 Å². The second-order valence-corrected chi connectivity index (χ2v) is 7.04. The molecule has 3 aromatic rings. The van der Waals surface area contributed by atoms with Crippen LogP contribution in [0.15, 0.2) is 46.9 Å². The largest absolute Gasteiger partial charge is 0.324 e. The van der Waals surface area contributed by atoms with E-state index in [0.29, 0.717) is 15.9 Å². The molecule has 3 rings (SSSR count). The first-order valence-electron chi connectivity index (χ1n) is 7.28. The molecule has 2 N–H and O–H groups in total. The predicted octanol–water partition coefficient (Wildman–Crippen LogP) is 6.07. The molecule has 130 valence electrons. The Morgan fingerprint density at radius 3 is 2.32 bits per heavy atom. The monoisotopic (exact) mass is 457 g/mol. The zero-order chi connectivity index (χ0) is 17.3. The molecule has 0 radical (unpaired) electrons. The molecule has 0 bridgehead atoms. The van der Waals surface area contributed by atoms with Gasteiger partial charge in [0.1, 0.15) is 5.82 Å². The quantitative estimate of drug-likeness (QED) is 0.517. The van der Waals surface area contributed by atoms with Crippen molar-refractivity contribution < 1.29 is 0 Å². The van der Waals surface area contributed by atoms with Crippen LogP contribution in [0.5, 0.6) is 0 Å². The van der Waals surface area contributed by atoms with Crippen LogP contribution in [0.3, 0.4) is 0 Å². The smallest absolute Gasteiger partial charge is 0.142 e. The SMILES string of the molecule is Cc1nc(CN)nc(-c2ccc(Cl)cc2Cl)c1-c1ccc(Br)cc1.Cl. The van der Waals surface area contributed by atoms with E-state index in [2.05, 4.69) is 25.9 Å². The third-order valence-electron chi connectivity index (χ3n) is 3.64. The molecule has 0 amide bonds. The molecular weight excluding hydrogens is 444 g/mol. The van der Waals surface area contributed by atoms with E-state index in [9.17, 15) is 0 Å². The van der Waals surface area contributed by atoms with Crippen molar-refractivity contribution in [1.82, 2.24) is 9.97 Å². The van der Waals surface area contributed by atoms with Gasteiger partial charge in [-0.2, -0.15) is 0 Å². The van der Waals surface area contributed by atoms with Gasteiger partial charge in [0.05, 0.1) is 17.3 Å². The number of rotatable bonds is 3. The lowest BCUT2D eigenvalue weighted by atomic mass is 9.98. The van der Waals surface area contributed by atoms with Gasteiger partial charge < -0.3 is 5.73 Å². The summed E-state index contributed by atoms with van der Waals surface area (Å²) in [5, 5.41) is 1.13. The molecule has 1 heterocycles. The highest BCUT2D eigenvalue weighted by Crippen LogP contribution is 2.37. The first-order chi connectivity index (χ1) is 11.5. The van der Waals surface area contributed by atoms with Gasteiger partial charge in [0.25, 0.3) is 0 Å². The molecule has 0 aliphatic carbocycles. The maximum Gasteiger partial charge on any atom is 0.142 e. The lowest BCUT2D eigenvalue weighted by Crippen LogP contribution is -2.07. The van der Waals surface area contributed by atoms with E-state index < -0.39 is 0 Å². The minimum absolute atomic E-state index is 0. The number of nitrogens with two attached hydrogens (primary N) is 1. The van der Waals surface area contributed by atoms with Gasteiger partial charge in [0, 0.05) is 26.3 Å². The van der Waals surface area contributed by atoms with E-state index in [4.69, 9.17) is 28.9 Å². The number of hydrogen-bond donors (Lipinski definition) is 1. The third-order valence-corrected chi connectivity index (χ3v) is 4.71. The molecule has 0 atom stereocenters. The molecule has 2 aromatic carbocycles. The fraction of sp³-hybridized carbons (Fsp3) is 0.111. The average Bonchev–Trinajstić information content (AvgIpc) is 2.55. The molecule has 0 saturated heterocycles. The molecule has 0 aliphatic heterocycles. The van der Waals surface area contributed by atoms with Crippen molar-refractivity contribution in [1.29, 1.82) is 0 Å². The highest BCUT2D eigenvalue weighted by atomic mass is 79.9. The van der Waals surface area contributed by atoms with Gasteiger partial charge in [0.15, 0.2) is 0 Å². The summed E-state index contributed by atoms with van der Waals surface area (Å²) in [4.78, 5) is 9.14. The lowest BCUT2D eigenvalue weighted by molar-refractivity contribution is 0.896. The molecule has 0 unspecified atom stereocenters.